The standard InChI is InChI=1S/C21H22N4O2S.HI/c1-14-19(28-20(25-14)16-6-4-3-5-7-16)12-24-21(22-2)23-11-15-8-9-17-18(10-15)27-13-26-17;/h3-10H,11-13H2,1-2H3,(H2,22,23,24);1H. The van der Waals surface area contributed by atoms with Crippen LogP contribution in [0.4, 0.5) is 0 Å². The van der Waals surface area contributed by atoms with Crippen LogP contribution in [0.15, 0.2) is 53.5 Å². The van der Waals surface area contributed by atoms with E-state index in [4.69, 9.17) is 14.5 Å². The first-order valence-corrected chi connectivity index (χ1v) is 9.89. The summed E-state index contributed by atoms with van der Waals surface area (Å²) in [6.07, 6.45) is 0. The van der Waals surface area contributed by atoms with Crippen LogP contribution >= 0.6 is 35.3 Å². The third-order valence-electron chi connectivity index (χ3n) is 4.45. The summed E-state index contributed by atoms with van der Waals surface area (Å²) in [7, 11) is 1.77. The fraction of sp³-hybridized carbons (Fsp3) is 0.238. The topological polar surface area (TPSA) is 67.8 Å². The van der Waals surface area contributed by atoms with Crippen molar-refractivity contribution in [3.05, 3.63) is 64.7 Å². The van der Waals surface area contributed by atoms with Crippen LogP contribution in [0.1, 0.15) is 16.1 Å². The second-order valence-electron chi connectivity index (χ2n) is 6.36. The SMILES string of the molecule is CN=C(NCc1ccc2c(c1)OCO2)NCc1sc(-c2ccccc2)nc1C.I. The van der Waals surface area contributed by atoms with Crippen molar-refractivity contribution in [1.29, 1.82) is 0 Å². The largest absolute Gasteiger partial charge is 0.454 e. The Morgan fingerprint density at radius 1 is 1.07 bits per heavy atom. The maximum absolute atomic E-state index is 5.43. The van der Waals surface area contributed by atoms with Gasteiger partial charge < -0.3 is 20.1 Å². The Hall–Kier alpha value is -2.33. The van der Waals surface area contributed by atoms with E-state index in [1.54, 1.807) is 18.4 Å². The second-order valence-corrected chi connectivity index (χ2v) is 7.44. The molecule has 0 radical (unpaired) electrons. The highest BCUT2D eigenvalue weighted by Gasteiger charge is 2.13. The van der Waals surface area contributed by atoms with Crippen LogP contribution in [0, 0.1) is 6.92 Å². The van der Waals surface area contributed by atoms with E-state index in [0.29, 0.717) is 13.1 Å². The first-order valence-electron chi connectivity index (χ1n) is 9.07. The fourth-order valence-electron chi connectivity index (χ4n) is 2.92. The minimum Gasteiger partial charge on any atom is -0.454 e. The van der Waals surface area contributed by atoms with Gasteiger partial charge in [-0.2, -0.15) is 0 Å². The highest BCUT2D eigenvalue weighted by Crippen LogP contribution is 2.32. The van der Waals surface area contributed by atoms with Crippen LogP contribution in [0.25, 0.3) is 10.6 Å². The Bertz CT molecular complexity index is 992. The van der Waals surface area contributed by atoms with Gasteiger partial charge in [0.05, 0.1) is 12.2 Å². The maximum atomic E-state index is 5.43. The lowest BCUT2D eigenvalue weighted by Gasteiger charge is -2.11. The predicted molar refractivity (Wildman–Crippen MR) is 127 cm³/mol. The third-order valence-corrected chi connectivity index (χ3v) is 5.66. The lowest BCUT2D eigenvalue weighted by molar-refractivity contribution is 0.174. The van der Waals surface area contributed by atoms with Crippen molar-refractivity contribution in [2.75, 3.05) is 13.8 Å². The maximum Gasteiger partial charge on any atom is 0.231 e. The molecule has 0 bridgehead atoms. The summed E-state index contributed by atoms with van der Waals surface area (Å²) in [5, 5.41) is 7.74. The molecular weight excluding hydrogens is 499 g/mol. The van der Waals surface area contributed by atoms with E-state index in [2.05, 4.69) is 27.8 Å². The van der Waals surface area contributed by atoms with E-state index in [1.807, 2.05) is 43.3 Å². The molecule has 2 N–H and O–H groups in total. The molecule has 2 heterocycles. The van der Waals surface area contributed by atoms with Crippen molar-refractivity contribution in [2.24, 2.45) is 4.99 Å². The molecular formula is C21H23IN4O2S. The van der Waals surface area contributed by atoms with Crippen LogP contribution in [0.2, 0.25) is 0 Å². The van der Waals surface area contributed by atoms with Crippen molar-refractivity contribution < 1.29 is 9.47 Å². The molecule has 0 atom stereocenters. The van der Waals surface area contributed by atoms with Gasteiger partial charge in [0.2, 0.25) is 6.79 Å². The molecule has 1 aromatic heterocycles. The molecule has 2 aromatic carbocycles. The van der Waals surface area contributed by atoms with Crippen LogP contribution < -0.4 is 20.1 Å². The van der Waals surface area contributed by atoms with Gasteiger partial charge in [0.25, 0.3) is 0 Å². The van der Waals surface area contributed by atoms with E-state index in [-0.39, 0.29) is 30.8 Å². The smallest absolute Gasteiger partial charge is 0.231 e. The molecule has 0 aliphatic carbocycles. The zero-order valence-corrected chi connectivity index (χ0v) is 19.4. The molecule has 0 saturated heterocycles. The fourth-order valence-corrected chi connectivity index (χ4v) is 3.93. The number of hydrogen-bond acceptors (Lipinski definition) is 5. The Labute approximate surface area is 191 Å². The van der Waals surface area contributed by atoms with E-state index in [9.17, 15) is 0 Å². The molecule has 8 heteroatoms. The first-order chi connectivity index (χ1) is 13.7. The number of aryl methyl sites for hydroxylation is 1. The van der Waals surface area contributed by atoms with Crippen molar-refractivity contribution in [2.45, 2.75) is 20.0 Å². The number of rotatable bonds is 5. The summed E-state index contributed by atoms with van der Waals surface area (Å²) >= 11 is 1.71. The summed E-state index contributed by atoms with van der Waals surface area (Å²) in [5.74, 6) is 2.32. The summed E-state index contributed by atoms with van der Waals surface area (Å²) in [6, 6.07) is 16.2. The molecule has 6 nitrogen and oxygen atoms in total. The van der Waals surface area contributed by atoms with E-state index in [1.165, 1.54) is 4.88 Å². The van der Waals surface area contributed by atoms with Gasteiger partial charge in [-0.1, -0.05) is 36.4 Å². The number of guanidine groups is 1. The number of benzene rings is 2. The number of hydrogen-bond donors (Lipinski definition) is 2. The zero-order chi connectivity index (χ0) is 19.3. The zero-order valence-electron chi connectivity index (χ0n) is 16.3. The highest BCUT2D eigenvalue weighted by molar-refractivity contribution is 14.0. The minimum atomic E-state index is 0. The van der Waals surface area contributed by atoms with Crippen molar-refractivity contribution in [1.82, 2.24) is 15.6 Å². The molecule has 4 rings (SSSR count). The van der Waals surface area contributed by atoms with Crippen molar-refractivity contribution in [3.63, 3.8) is 0 Å². The highest BCUT2D eigenvalue weighted by atomic mass is 127. The lowest BCUT2D eigenvalue weighted by Crippen LogP contribution is -2.36. The Morgan fingerprint density at radius 2 is 1.83 bits per heavy atom. The number of ether oxygens (including phenoxy) is 2. The molecule has 0 saturated carbocycles. The molecule has 29 heavy (non-hydrogen) atoms. The van der Waals surface area contributed by atoms with Gasteiger partial charge >= 0.3 is 0 Å². The van der Waals surface area contributed by atoms with E-state index < -0.39 is 0 Å². The summed E-state index contributed by atoms with van der Waals surface area (Å²) < 4.78 is 10.8. The normalized spacial score (nSPS) is 12.4. The third kappa shape index (κ3) is 5.18. The van der Waals surface area contributed by atoms with Gasteiger partial charge in [-0.15, -0.1) is 35.3 Å². The average Bonchev–Trinajstić information content (AvgIpc) is 3.35. The number of aromatic nitrogens is 1. The monoisotopic (exact) mass is 522 g/mol. The van der Waals surface area contributed by atoms with Crippen molar-refractivity contribution in [3.8, 4) is 22.1 Å². The lowest BCUT2D eigenvalue weighted by atomic mass is 10.2. The summed E-state index contributed by atoms with van der Waals surface area (Å²) in [4.78, 5) is 10.2. The Morgan fingerprint density at radius 3 is 2.62 bits per heavy atom. The molecule has 1 aliphatic rings. The Balaban J connectivity index is 0.00000240. The van der Waals surface area contributed by atoms with Gasteiger partial charge in [-0.25, -0.2) is 4.98 Å². The summed E-state index contributed by atoms with van der Waals surface area (Å²) in [5.41, 5.74) is 3.29. The number of fused-ring (bicyclic) bond motifs is 1. The van der Waals surface area contributed by atoms with Crippen LogP contribution in [-0.2, 0) is 13.1 Å². The number of aliphatic imine (C=N–C) groups is 1. The van der Waals surface area contributed by atoms with Crippen molar-refractivity contribution >= 4 is 41.3 Å². The first kappa shape index (κ1) is 21.4. The van der Waals surface area contributed by atoms with Gasteiger partial charge in [-0.05, 0) is 24.6 Å². The van der Waals surface area contributed by atoms with Crippen LogP contribution in [0.3, 0.4) is 0 Å². The van der Waals surface area contributed by atoms with E-state index in [0.717, 1.165) is 39.3 Å². The number of nitrogens with one attached hydrogen (secondary N) is 2. The van der Waals surface area contributed by atoms with Crippen LogP contribution in [0.5, 0.6) is 11.5 Å². The van der Waals surface area contributed by atoms with Gasteiger partial charge in [0.1, 0.15) is 5.01 Å². The quantitative estimate of drug-likeness (QED) is 0.297. The molecule has 0 spiro atoms. The number of nitrogens with zero attached hydrogens (tertiary/aromatic N) is 2. The summed E-state index contributed by atoms with van der Waals surface area (Å²) in [6.45, 7) is 3.65. The average molecular weight is 522 g/mol. The van der Waals surface area contributed by atoms with Crippen LogP contribution in [-0.4, -0.2) is 24.8 Å². The molecule has 152 valence electrons. The molecule has 1 aliphatic heterocycles. The molecule has 3 aromatic rings. The molecule has 0 amide bonds. The van der Waals surface area contributed by atoms with Gasteiger partial charge in [0, 0.05) is 24.0 Å². The minimum absolute atomic E-state index is 0. The second kappa shape index (κ2) is 9.93. The van der Waals surface area contributed by atoms with Gasteiger partial charge in [-0.3, -0.25) is 4.99 Å². The number of thiazole rings is 1. The predicted octanol–water partition coefficient (Wildman–Crippen LogP) is 4.33. The van der Waals surface area contributed by atoms with E-state index >= 15 is 0 Å². The Kier molecular flexibility index (Phi) is 7.32. The molecule has 0 fully saturated rings. The molecule has 0 unspecified atom stereocenters. The number of halogens is 1. The van der Waals surface area contributed by atoms with Gasteiger partial charge in [0.15, 0.2) is 17.5 Å².